The molecule has 0 spiro atoms. The molecular formula is C20H33NO5. The van der Waals surface area contributed by atoms with Gasteiger partial charge in [-0.3, -0.25) is 9.59 Å². The summed E-state index contributed by atoms with van der Waals surface area (Å²) in [5, 5.41) is 0. The van der Waals surface area contributed by atoms with E-state index in [1.54, 1.807) is 19.9 Å². The van der Waals surface area contributed by atoms with Crippen molar-refractivity contribution in [2.75, 3.05) is 13.2 Å². The van der Waals surface area contributed by atoms with Gasteiger partial charge in [-0.2, -0.15) is 0 Å². The maximum absolute atomic E-state index is 13.3. The molecular weight excluding hydrogens is 334 g/mol. The van der Waals surface area contributed by atoms with Gasteiger partial charge in [-0.05, 0) is 26.2 Å². The van der Waals surface area contributed by atoms with Crippen LogP contribution in [0.25, 0.3) is 0 Å². The molecule has 1 rings (SSSR count). The maximum atomic E-state index is 13.3. The van der Waals surface area contributed by atoms with Gasteiger partial charge in [0.25, 0.3) is 0 Å². The second kappa shape index (κ2) is 10.3. The third-order valence-corrected chi connectivity index (χ3v) is 4.94. The Balaban J connectivity index is 3.09. The number of allylic oxidation sites excluding steroid dienone is 1. The van der Waals surface area contributed by atoms with Crippen molar-refractivity contribution in [3.63, 3.8) is 0 Å². The fraction of sp³-hybridized carbons (Fsp3) is 0.750. The Morgan fingerprint density at radius 1 is 1.38 bits per heavy atom. The number of hydrogen-bond donors (Lipinski definition) is 0. The summed E-state index contributed by atoms with van der Waals surface area (Å²) in [5.74, 6) is -0.719. The molecule has 1 unspecified atom stereocenters. The summed E-state index contributed by atoms with van der Waals surface area (Å²) in [4.78, 5) is 38.8. The highest BCUT2D eigenvalue weighted by molar-refractivity contribution is 5.99. The van der Waals surface area contributed by atoms with Gasteiger partial charge in [-0.15, -0.1) is 0 Å². The average molecular weight is 367 g/mol. The number of nitrogens with zero attached hydrogens (tertiary/aromatic N) is 1. The summed E-state index contributed by atoms with van der Waals surface area (Å²) in [7, 11) is 0. The first-order chi connectivity index (χ1) is 12.3. The van der Waals surface area contributed by atoms with Crippen LogP contribution in [0.3, 0.4) is 0 Å². The lowest BCUT2D eigenvalue weighted by atomic mass is 9.83. The summed E-state index contributed by atoms with van der Waals surface area (Å²) < 4.78 is 10.2. The van der Waals surface area contributed by atoms with Crippen molar-refractivity contribution < 1.29 is 23.9 Å². The van der Waals surface area contributed by atoms with Gasteiger partial charge in [0, 0.05) is 0 Å². The lowest BCUT2D eigenvalue weighted by Gasteiger charge is -2.32. The summed E-state index contributed by atoms with van der Waals surface area (Å²) in [6, 6.07) is -0.300. The number of hydrogen-bond acceptors (Lipinski definition) is 5. The summed E-state index contributed by atoms with van der Waals surface area (Å²) >= 11 is 0. The minimum absolute atomic E-state index is 0.0979. The van der Waals surface area contributed by atoms with E-state index in [1.807, 2.05) is 19.9 Å². The molecule has 148 valence electrons. The molecule has 3 atom stereocenters. The van der Waals surface area contributed by atoms with E-state index in [1.165, 1.54) is 4.90 Å². The molecule has 0 bridgehead atoms. The Morgan fingerprint density at radius 3 is 2.65 bits per heavy atom. The predicted octanol–water partition coefficient (Wildman–Crippen LogP) is 4.09. The smallest absolute Gasteiger partial charge is 0.417 e. The van der Waals surface area contributed by atoms with Gasteiger partial charge in [-0.1, -0.05) is 52.2 Å². The van der Waals surface area contributed by atoms with Gasteiger partial charge in [-0.25, -0.2) is 9.69 Å². The van der Waals surface area contributed by atoms with Crippen LogP contribution in [0.15, 0.2) is 12.2 Å². The molecule has 1 fully saturated rings. The van der Waals surface area contributed by atoms with Gasteiger partial charge < -0.3 is 9.47 Å². The summed E-state index contributed by atoms with van der Waals surface area (Å²) in [6.45, 7) is 9.97. The van der Waals surface area contributed by atoms with Crippen LogP contribution in [0.2, 0.25) is 0 Å². The Morgan fingerprint density at radius 2 is 2.08 bits per heavy atom. The second-order valence-electron chi connectivity index (χ2n) is 7.15. The molecule has 0 N–H and O–H groups in total. The quantitative estimate of drug-likeness (QED) is 0.330. The van der Waals surface area contributed by atoms with Crippen LogP contribution >= 0.6 is 0 Å². The SMILES string of the molecule is CCCC/C=C/[C@@](C)(CC(=O)OCC)C(=O)N1C(=O)OC[C@@H]1C(C)CC. The number of carbonyl (C=O) groups is 3. The third kappa shape index (κ3) is 5.58. The minimum Gasteiger partial charge on any atom is -0.466 e. The zero-order chi connectivity index (χ0) is 19.7. The van der Waals surface area contributed by atoms with Gasteiger partial charge in [0.05, 0.1) is 24.5 Å². The van der Waals surface area contributed by atoms with E-state index in [0.717, 1.165) is 25.7 Å². The number of carbonyl (C=O) groups excluding carboxylic acids is 3. The molecule has 1 saturated heterocycles. The number of amides is 2. The number of esters is 1. The van der Waals surface area contributed by atoms with Crippen LogP contribution in [0.5, 0.6) is 0 Å². The number of cyclic esters (lactones) is 1. The van der Waals surface area contributed by atoms with Crippen LogP contribution < -0.4 is 0 Å². The number of rotatable bonds is 10. The fourth-order valence-corrected chi connectivity index (χ4v) is 3.02. The van der Waals surface area contributed by atoms with E-state index in [9.17, 15) is 14.4 Å². The topological polar surface area (TPSA) is 72.9 Å². The van der Waals surface area contributed by atoms with Crippen molar-refractivity contribution >= 4 is 18.0 Å². The van der Waals surface area contributed by atoms with Crippen LogP contribution in [0, 0.1) is 11.3 Å². The second-order valence-corrected chi connectivity index (χ2v) is 7.15. The first-order valence-corrected chi connectivity index (χ1v) is 9.64. The zero-order valence-corrected chi connectivity index (χ0v) is 16.7. The fourth-order valence-electron chi connectivity index (χ4n) is 3.02. The van der Waals surface area contributed by atoms with Gasteiger partial charge in [0.15, 0.2) is 0 Å². The van der Waals surface area contributed by atoms with Crippen LogP contribution in [0.1, 0.15) is 66.7 Å². The molecule has 1 aliphatic heterocycles. The monoisotopic (exact) mass is 367 g/mol. The molecule has 6 heteroatoms. The molecule has 1 aliphatic rings. The highest BCUT2D eigenvalue weighted by atomic mass is 16.6. The molecule has 0 aromatic rings. The van der Waals surface area contributed by atoms with Crippen LogP contribution in [-0.4, -0.2) is 42.1 Å². The highest BCUT2D eigenvalue weighted by Gasteiger charge is 2.47. The maximum Gasteiger partial charge on any atom is 0.417 e. The number of ether oxygens (including phenoxy) is 2. The van der Waals surface area contributed by atoms with E-state index in [2.05, 4.69) is 6.92 Å². The minimum atomic E-state index is -1.13. The van der Waals surface area contributed by atoms with Crippen molar-refractivity contribution in [3.8, 4) is 0 Å². The largest absolute Gasteiger partial charge is 0.466 e. The first kappa shape index (κ1) is 22.2. The highest BCUT2D eigenvalue weighted by Crippen LogP contribution is 2.33. The third-order valence-electron chi connectivity index (χ3n) is 4.94. The predicted molar refractivity (Wildman–Crippen MR) is 99.5 cm³/mol. The normalized spacial score (nSPS) is 20.7. The Hall–Kier alpha value is -1.85. The summed E-state index contributed by atoms with van der Waals surface area (Å²) in [5.41, 5.74) is -1.13. The molecule has 6 nitrogen and oxygen atoms in total. The van der Waals surface area contributed by atoms with Crippen LogP contribution in [0.4, 0.5) is 4.79 Å². The van der Waals surface area contributed by atoms with Crippen molar-refractivity contribution in [1.82, 2.24) is 4.90 Å². The Kier molecular flexibility index (Phi) is 8.82. The van der Waals surface area contributed by atoms with Crippen molar-refractivity contribution in [1.29, 1.82) is 0 Å². The molecule has 1 heterocycles. The first-order valence-electron chi connectivity index (χ1n) is 9.64. The van der Waals surface area contributed by atoms with E-state index >= 15 is 0 Å². The molecule has 26 heavy (non-hydrogen) atoms. The van der Waals surface area contributed by atoms with Gasteiger partial charge in [0.1, 0.15) is 6.61 Å². The lowest BCUT2D eigenvalue weighted by molar-refractivity contribution is -0.150. The zero-order valence-electron chi connectivity index (χ0n) is 16.7. The van der Waals surface area contributed by atoms with Crippen molar-refractivity contribution in [3.05, 3.63) is 12.2 Å². The van der Waals surface area contributed by atoms with Crippen LogP contribution in [-0.2, 0) is 19.1 Å². The molecule has 0 saturated carbocycles. The number of unbranched alkanes of at least 4 members (excludes halogenated alkanes) is 2. The van der Waals surface area contributed by atoms with Crippen molar-refractivity contribution in [2.45, 2.75) is 72.8 Å². The standard InChI is InChI=1S/C20H33NO5/c1-6-9-10-11-12-20(5,13-17(22)25-8-3)18(23)21-16(15(4)7-2)14-26-19(21)24/h11-12,15-16H,6-10,13-14H2,1-5H3/b12-11+/t15?,16-,20+/m1/s1. The Labute approximate surface area is 156 Å². The molecule has 2 amide bonds. The molecule has 0 aromatic carbocycles. The Bertz CT molecular complexity index is 530. The molecule has 0 aromatic heterocycles. The van der Waals surface area contributed by atoms with Gasteiger partial charge in [0.2, 0.25) is 5.91 Å². The van der Waals surface area contributed by atoms with E-state index in [-0.39, 0.29) is 31.6 Å². The van der Waals surface area contributed by atoms with Crippen molar-refractivity contribution in [2.24, 2.45) is 11.3 Å². The van der Waals surface area contributed by atoms with Gasteiger partial charge >= 0.3 is 12.1 Å². The average Bonchev–Trinajstić information content (AvgIpc) is 2.99. The lowest BCUT2D eigenvalue weighted by Crippen LogP contribution is -2.49. The molecule has 0 aliphatic carbocycles. The summed E-state index contributed by atoms with van der Waals surface area (Å²) in [6.07, 6.45) is 6.63. The molecule has 0 radical (unpaired) electrons. The van der Waals surface area contributed by atoms with E-state index in [4.69, 9.17) is 9.47 Å². The van der Waals surface area contributed by atoms with E-state index in [0.29, 0.717) is 0 Å². The number of imide groups is 1. The van der Waals surface area contributed by atoms with E-state index < -0.39 is 23.4 Å².